The number of carbonyl (C=O) groups is 1. The molecule has 0 radical (unpaired) electrons. The number of hydrogen-bond acceptors (Lipinski definition) is 3. The third-order valence-electron chi connectivity index (χ3n) is 1.94. The second-order valence-corrected chi connectivity index (χ2v) is 3.32. The fourth-order valence-electron chi connectivity index (χ4n) is 1.05. The standard InChI is InChI=1S/C10H16N4O/c1-7(6-11)13-10(15)14-9-5-3-2-4-8(9)12/h2-5,7H,6,11-12H2,1H3,(H2,13,14,15). The van der Waals surface area contributed by atoms with E-state index in [0.717, 1.165) is 0 Å². The van der Waals surface area contributed by atoms with E-state index in [0.29, 0.717) is 17.9 Å². The zero-order valence-electron chi connectivity index (χ0n) is 8.66. The van der Waals surface area contributed by atoms with Crippen LogP contribution in [-0.2, 0) is 0 Å². The van der Waals surface area contributed by atoms with Crippen molar-refractivity contribution in [2.75, 3.05) is 17.6 Å². The summed E-state index contributed by atoms with van der Waals surface area (Å²) in [6, 6.07) is 6.71. The molecule has 0 aromatic heterocycles. The molecule has 0 bridgehead atoms. The van der Waals surface area contributed by atoms with E-state index in [1.165, 1.54) is 0 Å². The molecule has 1 aromatic rings. The van der Waals surface area contributed by atoms with Gasteiger partial charge in [0.2, 0.25) is 0 Å². The van der Waals surface area contributed by atoms with Crippen LogP contribution in [0.5, 0.6) is 0 Å². The monoisotopic (exact) mass is 208 g/mol. The lowest BCUT2D eigenvalue weighted by Gasteiger charge is -2.13. The summed E-state index contributed by atoms with van der Waals surface area (Å²) < 4.78 is 0. The molecule has 5 heteroatoms. The Morgan fingerprint density at radius 2 is 2.13 bits per heavy atom. The third kappa shape index (κ3) is 3.47. The molecule has 1 atom stereocenters. The van der Waals surface area contributed by atoms with Crippen LogP contribution in [-0.4, -0.2) is 18.6 Å². The van der Waals surface area contributed by atoms with Crippen LogP contribution in [0.15, 0.2) is 24.3 Å². The summed E-state index contributed by atoms with van der Waals surface area (Å²) in [7, 11) is 0. The summed E-state index contributed by atoms with van der Waals surface area (Å²) in [6.45, 7) is 2.23. The van der Waals surface area contributed by atoms with E-state index < -0.39 is 0 Å². The summed E-state index contributed by atoms with van der Waals surface area (Å²) in [4.78, 5) is 11.4. The van der Waals surface area contributed by atoms with Crippen molar-refractivity contribution in [2.24, 2.45) is 5.73 Å². The molecule has 6 N–H and O–H groups in total. The smallest absolute Gasteiger partial charge is 0.319 e. The number of rotatable bonds is 3. The highest BCUT2D eigenvalue weighted by Crippen LogP contribution is 2.16. The second-order valence-electron chi connectivity index (χ2n) is 3.32. The summed E-state index contributed by atoms with van der Waals surface area (Å²) >= 11 is 0. The average molecular weight is 208 g/mol. The summed E-state index contributed by atoms with van der Waals surface area (Å²) in [5.74, 6) is 0. The number of amides is 2. The highest BCUT2D eigenvalue weighted by molar-refractivity contribution is 5.92. The Kier molecular flexibility index (Phi) is 3.93. The molecule has 0 heterocycles. The predicted octanol–water partition coefficient (Wildman–Crippen LogP) is 0.737. The molecule has 1 unspecified atom stereocenters. The van der Waals surface area contributed by atoms with Crippen LogP contribution in [0.3, 0.4) is 0 Å². The van der Waals surface area contributed by atoms with Gasteiger partial charge in [0, 0.05) is 12.6 Å². The maximum atomic E-state index is 11.4. The maximum Gasteiger partial charge on any atom is 0.319 e. The Hall–Kier alpha value is -1.75. The van der Waals surface area contributed by atoms with Crippen LogP contribution in [0.1, 0.15) is 6.92 Å². The van der Waals surface area contributed by atoms with Crippen molar-refractivity contribution in [1.82, 2.24) is 5.32 Å². The van der Waals surface area contributed by atoms with Crippen molar-refractivity contribution in [3.05, 3.63) is 24.3 Å². The Morgan fingerprint density at radius 1 is 1.47 bits per heavy atom. The van der Waals surface area contributed by atoms with Crippen molar-refractivity contribution in [1.29, 1.82) is 0 Å². The van der Waals surface area contributed by atoms with E-state index in [1.807, 2.05) is 6.92 Å². The van der Waals surface area contributed by atoms with Gasteiger partial charge in [-0.25, -0.2) is 4.79 Å². The van der Waals surface area contributed by atoms with E-state index in [9.17, 15) is 4.79 Å². The number of benzene rings is 1. The van der Waals surface area contributed by atoms with Crippen LogP contribution in [0.25, 0.3) is 0 Å². The topological polar surface area (TPSA) is 93.2 Å². The van der Waals surface area contributed by atoms with Crippen LogP contribution in [0.4, 0.5) is 16.2 Å². The van der Waals surface area contributed by atoms with E-state index in [4.69, 9.17) is 11.5 Å². The molecule has 0 saturated heterocycles. The molecule has 0 aliphatic rings. The van der Waals surface area contributed by atoms with E-state index in [2.05, 4.69) is 10.6 Å². The number of nitrogens with one attached hydrogen (secondary N) is 2. The molecular weight excluding hydrogens is 192 g/mol. The first-order valence-electron chi connectivity index (χ1n) is 4.75. The number of nitrogens with two attached hydrogens (primary N) is 2. The second kappa shape index (κ2) is 5.21. The van der Waals surface area contributed by atoms with Crippen molar-refractivity contribution in [3.63, 3.8) is 0 Å². The first kappa shape index (κ1) is 11.3. The maximum absolute atomic E-state index is 11.4. The molecule has 1 rings (SSSR count). The minimum atomic E-state index is -0.300. The van der Waals surface area contributed by atoms with Gasteiger partial charge < -0.3 is 22.1 Å². The van der Waals surface area contributed by atoms with Crippen molar-refractivity contribution < 1.29 is 4.79 Å². The van der Waals surface area contributed by atoms with Gasteiger partial charge in [0.15, 0.2) is 0 Å². The number of carbonyl (C=O) groups excluding carboxylic acids is 1. The van der Waals surface area contributed by atoms with Crippen molar-refractivity contribution in [3.8, 4) is 0 Å². The summed E-state index contributed by atoms with van der Waals surface area (Å²) in [5, 5.41) is 5.32. The van der Waals surface area contributed by atoms with Gasteiger partial charge in [0.1, 0.15) is 0 Å². The first-order chi connectivity index (χ1) is 7.13. The highest BCUT2D eigenvalue weighted by atomic mass is 16.2. The van der Waals surface area contributed by atoms with Gasteiger partial charge in [-0.1, -0.05) is 12.1 Å². The lowest BCUT2D eigenvalue weighted by molar-refractivity contribution is 0.249. The number of hydrogen-bond donors (Lipinski definition) is 4. The van der Waals surface area contributed by atoms with Gasteiger partial charge in [-0.15, -0.1) is 0 Å². The molecule has 0 spiro atoms. The Morgan fingerprint density at radius 3 is 2.73 bits per heavy atom. The van der Waals surface area contributed by atoms with Gasteiger partial charge in [-0.05, 0) is 19.1 Å². The molecule has 1 aromatic carbocycles. The summed E-state index contributed by atoms with van der Waals surface area (Å²) in [5.41, 5.74) is 12.2. The van der Waals surface area contributed by atoms with Gasteiger partial charge in [-0.2, -0.15) is 0 Å². The molecule has 0 aliphatic heterocycles. The Balaban J connectivity index is 2.55. The van der Waals surface area contributed by atoms with Crippen molar-refractivity contribution in [2.45, 2.75) is 13.0 Å². The molecule has 0 saturated carbocycles. The SMILES string of the molecule is CC(CN)NC(=O)Nc1ccccc1N. The predicted molar refractivity (Wildman–Crippen MR) is 61.5 cm³/mol. The number of nitrogen functional groups attached to an aromatic ring is 1. The third-order valence-corrected chi connectivity index (χ3v) is 1.94. The van der Waals surface area contributed by atoms with Gasteiger partial charge in [-0.3, -0.25) is 0 Å². The van der Waals surface area contributed by atoms with E-state index >= 15 is 0 Å². The highest BCUT2D eigenvalue weighted by Gasteiger charge is 2.06. The van der Waals surface area contributed by atoms with Crippen molar-refractivity contribution >= 4 is 17.4 Å². The molecule has 0 fully saturated rings. The molecular formula is C10H16N4O. The lowest BCUT2D eigenvalue weighted by atomic mass is 10.3. The average Bonchev–Trinajstić information content (AvgIpc) is 2.21. The largest absolute Gasteiger partial charge is 0.397 e. The number of anilines is 2. The lowest BCUT2D eigenvalue weighted by Crippen LogP contribution is -2.40. The molecule has 5 nitrogen and oxygen atoms in total. The zero-order chi connectivity index (χ0) is 11.3. The van der Waals surface area contributed by atoms with Crippen LogP contribution in [0.2, 0.25) is 0 Å². The summed E-state index contributed by atoms with van der Waals surface area (Å²) in [6.07, 6.45) is 0. The van der Waals surface area contributed by atoms with E-state index in [-0.39, 0.29) is 12.1 Å². The number of urea groups is 1. The van der Waals surface area contributed by atoms with E-state index in [1.54, 1.807) is 24.3 Å². The molecule has 2 amide bonds. The zero-order valence-corrected chi connectivity index (χ0v) is 8.66. The quantitative estimate of drug-likeness (QED) is 0.552. The van der Waals surface area contributed by atoms with Crippen LogP contribution in [0, 0.1) is 0 Å². The van der Waals surface area contributed by atoms with Gasteiger partial charge >= 0.3 is 6.03 Å². The minimum Gasteiger partial charge on any atom is -0.397 e. The Bertz CT molecular complexity index is 340. The fraction of sp³-hybridized carbons (Fsp3) is 0.300. The minimum absolute atomic E-state index is 0.0602. The molecule has 82 valence electrons. The number of para-hydroxylation sites is 2. The first-order valence-corrected chi connectivity index (χ1v) is 4.75. The van der Waals surface area contributed by atoms with Crippen LogP contribution >= 0.6 is 0 Å². The molecule has 0 aliphatic carbocycles. The van der Waals surface area contributed by atoms with Crippen LogP contribution < -0.4 is 22.1 Å². The Labute approximate surface area is 88.8 Å². The van der Waals surface area contributed by atoms with Gasteiger partial charge in [0.05, 0.1) is 11.4 Å². The fourth-order valence-corrected chi connectivity index (χ4v) is 1.05. The normalized spacial score (nSPS) is 11.9. The molecule has 15 heavy (non-hydrogen) atoms. The van der Waals surface area contributed by atoms with Gasteiger partial charge in [0.25, 0.3) is 0 Å².